The fraction of sp³-hybridized carbons (Fsp3) is 0.949. The van der Waals surface area contributed by atoms with Gasteiger partial charge in [-0.1, -0.05) is 357 Å². The van der Waals surface area contributed by atoms with Crippen molar-refractivity contribution in [3.63, 3.8) is 0 Å². The van der Waals surface area contributed by atoms with E-state index in [0.717, 1.165) is 114 Å². The average molecular weight is 1440 g/mol. The van der Waals surface area contributed by atoms with Gasteiger partial charge in [-0.3, -0.25) is 37.3 Å². The zero-order chi connectivity index (χ0) is 72.3. The minimum absolute atomic E-state index is 0.104. The molecule has 0 saturated heterocycles. The molecule has 0 aliphatic carbocycles. The van der Waals surface area contributed by atoms with Crippen LogP contribution in [-0.2, 0) is 65.4 Å². The van der Waals surface area contributed by atoms with Gasteiger partial charge in [-0.25, -0.2) is 9.13 Å². The molecule has 0 saturated carbocycles. The number of phosphoric ester groups is 2. The minimum Gasteiger partial charge on any atom is -0.462 e. The molecule has 19 heteroatoms. The summed E-state index contributed by atoms with van der Waals surface area (Å²) in [7, 11) is -9.92. The first kappa shape index (κ1) is 96.1. The van der Waals surface area contributed by atoms with E-state index >= 15 is 0 Å². The molecule has 6 atom stereocenters. The topological polar surface area (TPSA) is 237 Å². The minimum atomic E-state index is -4.96. The number of carbonyl (C=O) groups excluding carboxylic acids is 4. The number of hydrogen-bond acceptors (Lipinski definition) is 15. The van der Waals surface area contributed by atoms with Crippen molar-refractivity contribution in [3.8, 4) is 0 Å². The van der Waals surface area contributed by atoms with Crippen LogP contribution in [0.2, 0.25) is 0 Å². The molecule has 0 bridgehead atoms. The molecule has 582 valence electrons. The molecule has 0 radical (unpaired) electrons. The molecular weight excluding hydrogens is 1280 g/mol. The summed E-state index contributed by atoms with van der Waals surface area (Å²) in [4.78, 5) is 72.9. The fourth-order valence-corrected chi connectivity index (χ4v) is 13.7. The SMILES string of the molecule is CCCCCCCCCCCCCCCCCCCCCCCC(=O)O[C@H](COC(=O)CCCCCCCCCCCCCCC(C)C)COP(=O)(O)OC[C@@H](O)COP(=O)(O)OC[C@@H](COC(=O)CCCCCCCCC(C)CC)OC(=O)CCCCCCCCCCCC(C)C. The smallest absolute Gasteiger partial charge is 0.462 e. The molecule has 0 aromatic heterocycles. The van der Waals surface area contributed by atoms with Gasteiger partial charge in [-0.15, -0.1) is 0 Å². The quantitative estimate of drug-likeness (QED) is 0.0222. The van der Waals surface area contributed by atoms with Crippen LogP contribution in [0.5, 0.6) is 0 Å². The van der Waals surface area contributed by atoms with Crippen molar-refractivity contribution in [2.24, 2.45) is 17.8 Å². The highest BCUT2D eigenvalue weighted by atomic mass is 31.2. The summed E-state index contributed by atoms with van der Waals surface area (Å²) >= 11 is 0. The van der Waals surface area contributed by atoms with E-state index in [0.29, 0.717) is 25.7 Å². The van der Waals surface area contributed by atoms with Crippen molar-refractivity contribution in [2.45, 2.75) is 426 Å². The number of carbonyl (C=O) groups is 4. The second kappa shape index (κ2) is 69.4. The molecule has 3 N–H and O–H groups in total. The Morgan fingerprint density at radius 1 is 0.296 bits per heavy atom. The highest BCUT2D eigenvalue weighted by molar-refractivity contribution is 7.47. The average Bonchev–Trinajstić information content (AvgIpc) is 1.04. The van der Waals surface area contributed by atoms with Crippen molar-refractivity contribution >= 4 is 39.5 Å². The van der Waals surface area contributed by atoms with Crippen LogP contribution in [0.4, 0.5) is 0 Å². The van der Waals surface area contributed by atoms with Gasteiger partial charge in [0.15, 0.2) is 12.2 Å². The van der Waals surface area contributed by atoms with Crippen molar-refractivity contribution in [2.75, 3.05) is 39.6 Å². The van der Waals surface area contributed by atoms with E-state index in [1.165, 1.54) is 212 Å². The number of unbranched alkanes of at least 4 members (excludes halogenated alkanes) is 44. The summed E-state index contributed by atoms with van der Waals surface area (Å²) in [5, 5.41) is 10.6. The lowest BCUT2D eigenvalue weighted by Gasteiger charge is -2.21. The predicted octanol–water partition coefficient (Wildman–Crippen LogP) is 23.4. The van der Waals surface area contributed by atoms with Crippen molar-refractivity contribution in [1.29, 1.82) is 0 Å². The van der Waals surface area contributed by atoms with Crippen LogP contribution < -0.4 is 0 Å². The Labute approximate surface area is 600 Å². The van der Waals surface area contributed by atoms with Gasteiger partial charge in [0.2, 0.25) is 0 Å². The molecule has 0 aromatic carbocycles. The van der Waals surface area contributed by atoms with Gasteiger partial charge in [0.1, 0.15) is 19.3 Å². The van der Waals surface area contributed by atoms with Gasteiger partial charge in [0, 0.05) is 25.7 Å². The summed E-state index contributed by atoms with van der Waals surface area (Å²) in [5.41, 5.74) is 0. The maximum Gasteiger partial charge on any atom is 0.472 e. The van der Waals surface area contributed by atoms with E-state index in [1.807, 2.05) is 0 Å². The second-order valence-corrected chi connectivity index (χ2v) is 32.6. The molecule has 17 nitrogen and oxygen atoms in total. The lowest BCUT2D eigenvalue weighted by atomic mass is 10.00. The molecule has 0 spiro atoms. The number of rotatable bonds is 77. The first-order valence-corrected chi connectivity index (χ1v) is 43.9. The highest BCUT2D eigenvalue weighted by Crippen LogP contribution is 2.45. The third kappa shape index (κ3) is 71.1. The van der Waals surface area contributed by atoms with Crippen LogP contribution in [0.15, 0.2) is 0 Å². The van der Waals surface area contributed by atoms with Crippen LogP contribution in [0.3, 0.4) is 0 Å². The van der Waals surface area contributed by atoms with E-state index in [4.69, 9.17) is 37.0 Å². The van der Waals surface area contributed by atoms with E-state index in [1.54, 1.807) is 0 Å². The third-order valence-corrected chi connectivity index (χ3v) is 20.6. The Kier molecular flexibility index (Phi) is 68.1. The van der Waals surface area contributed by atoms with Crippen LogP contribution in [-0.4, -0.2) is 96.7 Å². The molecule has 0 rings (SSSR count). The van der Waals surface area contributed by atoms with E-state index in [2.05, 4.69) is 48.5 Å². The maximum atomic E-state index is 13.1. The number of esters is 4. The Morgan fingerprint density at radius 2 is 0.520 bits per heavy atom. The van der Waals surface area contributed by atoms with Gasteiger partial charge in [-0.05, 0) is 43.4 Å². The van der Waals surface area contributed by atoms with Crippen LogP contribution in [0.25, 0.3) is 0 Å². The Balaban J connectivity index is 5.22. The first-order valence-electron chi connectivity index (χ1n) is 40.9. The van der Waals surface area contributed by atoms with Gasteiger partial charge < -0.3 is 33.8 Å². The summed E-state index contributed by atoms with van der Waals surface area (Å²) in [5.74, 6) is 0.132. The molecule has 98 heavy (non-hydrogen) atoms. The molecule has 0 fully saturated rings. The molecule has 0 aromatic rings. The van der Waals surface area contributed by atoms with Gasteiger partial charge >= 0.3 is 39.5 Å². The van der Waals surface area contributed by atoms with E-state index in [-0.39, 0.29) is 25.7 Å². The van der Waals surface area contributed by atoms with Gasteiger partial charge in [0.05, 0.1) is 26.4 Å². The monoisotopic (exact) mass is 1440 g/mol. The van der Waals surface area contributed by atoms with Crippen LogP contribution in [0.1, 0.15) is 408 Å². The summed E-state index contributed by atoms with van der Waals surface area (Å²) in [6.45, 7) is 11.9. The highest BCUT2D eigenvalue weighted by Gasteiger charge is 2.30. The van der Waals surface area contributed by atoms with Crippen molar-refractivity contribution in [1.82, 2.24) is 0 Å². The van der Waals surface area contributed by atoms with Crippen molar-refractivity contribution in [3.05, 3.63) is 0 Å². The maximum absolute atomic E-state index is 13.1. The van der Waals surface area contributed by atoms with Crippen LogP contribution in [0, 0.1) is 17.8 Å². The number of aliphatic hydroxyl groups is 1. The molecular formula is C79H154O17P2. The molecule has 0 heterocycles. The zero-order valence-electron chi connectivity index (χ0n) is 64.3. The predicted molar refractivity (Wildman–Crippen MR) is 400 cm³/mol. The summed E-state index contributed by atoms with van der Waals surface area (Å²) < 4.78 is 68.6. The number of phosphoric acid groups is 2. The first-order chi connectivity index (χ1) is 47.3. The number of hydrogen-bond donors (Lipinski definition) is 3. The zero-order valence-corrected chi connectivity index (χ0v) is 66.0. The Hall–Kier alpha value is -1.94. The third-order valence-electron chi connectivity index (χ3n) is 18.7. The lowest BCUT2D eigenvalue weighted by Crippen LogP contribution is -2.30. The summed E-state index contributed by atoms with van der Waals surface area (Å²) in [6.07, 6.45) is 57.1. The van der Waals surface area contributed by atoms with Gasteiger partial charge in [0.25, 0.3) is 0 Å². The van der Waals surface area contributed by atoms with Crippen molar-refractivity contribution < 1.29 is 80.2 Å². The summed E-state index contributed by atoms with van der Waals surface area (Å²) in [6, 6.07) is 0. The molecule has 0 aliphatic heterocycles. The Morgan fingerprint density at radius 3 is 0.776 bits per heavy atom. The fourth-order valence-electron chi connectivity index (χ4n) is 12.1. The molecule has 0 amide bonds. The second-order valence-electron chi connectivity index (χ2n) is 29.6. The number of ether oxygens (including phenoxy) is 4. The lowest BCUT2D eigenvalue weighted by molar-refractivity contribution is -0.161. The largest absolute Gasteiger partial charge is 0.472 e. The number of aliphatic hydroxyl groups excluding tert-OH is 1. The van der Waals surface area contributed by atoms with E-state index < -0.39 is 97.5 Å². The standard InChI is InChI=1S/C79H154O17P2/c1-8-10-11-12-13-14-15-16-17-18-19-20-21-22-23-24-29-34-39-48-55-62-78(83)95-74(66-89-76(81)60-53-46-38-33-28-26-25-27-31-36-43-50-57-70(3)4)68-93-97(85,86)91-64-73(80)65-92-98(87,88)94-69-75(67-90-77(82)61-54-47-42-41-45-52-59-72(7)9-2)96-79(84)63-56-49-40-35-30-32-37-44-51-58-71(5)6/h70-75,80H,8-69H2,1-7H3,(H,85,86)(H,87,88)/t72?,73-,74-,75-/m1/s1. The normalized spacial score (nSPS) is 14.3. The molecule has 0 aliphatic rings. The van der Waals surface area contributed by atoms with Gasteiger partial charge in [-0.2, -0.15) is 0 Å². The molecule has 3 unspecified atom stereocenters. The van der Waals surface area contributed by atoms with E-state index in [9.17, 15) is 43.2 Å². The van der Waals surface area contributed by atoms with Crippen LogP contribution >= 0.6 is 15.6 Å². The Bertz CT molecular complexity index is 1910.